The first-order valence-corrected chi connectivity index (χ1v) is 9.78. The van der Waals surface area contributed by atoms with Crippen molar-refractivity contribution in [2.24, 2.45) is 0 Å². The molecule has 1 aromatic carbocycles. The van der Waals surface area contributed by atoms with Crippen LogP contribution < -0.4 is 4.74 Å². The Morgan fingerprint density at radius 3 is 2.83 bits per heavy atom. The average molecular weight is 404 g/mol. The molecule has 30 heavy (non-hydrogen) atoms. The summed E-state index contributed by atoms with van der Waals surface area (Å²) in [6, 6.07) is 9.39. The number of H-pyrrole nitrogens is 1. The Morgan fingerprint density at radius 1 is 1.20 bits per heavy atom. The molecule has 4 heterocycles. The van der Waals surface area contributed by atoms with Crippen LogP contribution in [0.1, 0.15) is 21.5 Å². The number of fused-ring (bicyclic) bond motifs is 2. The minimum atomic E-state index is -0.883. The number of hydrogen-bond acceptors (Lipinski definition) is 5. The molecule has 2 aliphatic rings. The number of ether oxygens (including phenoxy) is 1. The Labute approximate surface area is 172 Å². The fourth-order valence-electron chi connectivity index (χ4n) is 3.97. The number of piperazine rings is 1. The lowest BCUT2D eigenvalue weighted by Crippen LogP contribution is -2.47. The van der Waals surface area contributed by atoms with E-state index < -0.39 is 6.09 Å². The molecule has 152 valence electrons. The van der Waals surface area contributed by atoms with Crippen LogP contribution in [-0.2, 0) is 6.54 Å². The summed E-state index contributed by atoms with van der Waals surface area (Å²) in [5, 5.41) is 10.0. The third-order valence-electron chi connectivity index (χ3n) is 5.58. The summed E-state index contributed by atoms with van der Waals surface area (Å²) in [6.45, 7) is 2.85. The third-order valence-corrected chi connectivity index (χ3v) is 5.58. The van der Waals surface area contributed by atoms with Gasteiger partial charge in [0.1, 0.15) is 11.4 Å². The van der Waals surface area contributed by atoms with E-state index >= 15 is 0 Å². The second-order valence-corrected chi connectivity index (χ2v) is 7.42. The van der Waals surface area contributed by atoms with E-state index in [9.17, 15) is 9.59 Å². The van der Waals surface area contributed by atoms with Gasteiger partial charge < -0.3 is 19.7 Å². The van der Waals surface area contributed by atoms with Crippen molar-refractivity contribution in [2.45, 2.75) is 6.54 Å². The number of carbonyl (C=O) groups excluding carboxylic acids is 1. The molecule has 1 saturated heterocycles. The third kappa shape index (κ3) is 3.21. The number of ketones is 1. The highest BCUT2D eigenvalue weighted by Crippen LogP contribution is 2.36. The second kappa shape index (κ2) is 7.31. The van der Waals surface area contributed by atoms with Crippen LogP contribution in [0.4, 0.5) is 4.79 Å². The minimum absolute atomic E-state index is 0.138. The molecule has 5 rings (SSSR count). The number of hydrogen-bond donors (Lipinski definition) is 2. The van der Waals surface area contributed by atoms with E-state index in [2.05, 4.69) is 14.9 Å². The monoisotopic (exact) mass is 404 g/mol. The van der Waals surface area contributed by atoms with Crippen molar-refractivity contribution >= 4 is 29.0 Å². The van der Waals surface area contributed by atoms with Crippen molar-refractivity contribution in [3.8, 4) is 5.75 Å². The molecule has 0 atom stereocenters. The zero-order valence-corrected chi connectivity index (χ0v) is 16.2. The Balaban J connectivity index is 1.38. The van der Waals surface area contributed by atoms with Crippen LogP contribution in [-0.4, -0.2) is 62.9 Å². The molecule has 2 aromatic heterocycles. The molecule has 0 radical (unpaired) electrons. The highest BCUT2D eigenvalue weighted by molar-refractivity contribution is 6.15. The number of para-hydroxylation sites is 1. The lowest BCUT2D eigenvalue weighted by Gasteiger charge is -2.33. The summed E-state index contributed by atoms with van der Waals surface area (Å²) in [5.74, 6) is 0.742. The molecule has 1 amide bonds. The van der Waals surface area contributed by atoms with Crippen LogP contribution in [0.25, 0.3) is 17.1 Å². The van der Waals surface area contributed by atoms with Crippen molar-refractivity contribution < 1.29 is 19.4 Å². The molecular weight excluding hydrogens is 384 g/mol. The van der Waals surface area contributed by atoms with E-state index in [-0.39, 0.29) is 11.5 Å². The normalized spacial score (nSPS) is 18.1. The number of nitrogens with one attached hydrogen (secondary N) is 1. The fraction of sp³-hybridized carbons (Fsp3) is 0.227. The first-order chi connectivity index (χ1) is 14.6. The van der Waals surface area contributed by atoms with Crippen molar-refractivity contribution in [3.63, 3.8) is 0 Å². The second-order valence-electron chi connectivity index (χ2n) is 7.42. The maximum absolute atomic E-state index is 12.9. The number of Topliss-reactive ketones (excluding diaryl/α,β-unsaturated/α-hetero) is 1. The maximum Gasteiger partial charge on any atom is 0.407 e. The standard InChI is InChI=1S/C22H20N4O4/c27-19-17-4-1-3-14(13-25-7-9-26(10-8-25)22(28)29)20(17)30-18(19)11-15-12-24-21-16(15)5-2-6-23-21/h1-6,11-12H,7-10,13H2,(H,23,24)(H,28,29)/b18-11-. The van der Waals surface area contributed by atoms with Gasteiger partial charge in [-0.25, -0.2) is 9.78 Å². The van der Waals surface area contributed by atoms with E-state index in [1.165, 1.54) is 4.90 Å². The van der Waals surface area contributed by atoms with Crippen molar-refractivity contribution in [3.05, 3.63) is 65.2 Å². The number of pyridine rings is 1. The van der Waals surface area contributed by atoms with E-state index in [0.717, 1.165) is 22.2 Å². The van der Waals surface area contributed by atoms with Gasteiger partial charge in [0.05, 0.1) is 5.56 Å². The molecule has 1 fully saturated rings. The zero-order valence-electron chi connectivity index (χ0n) is 16.2. The van der Waals surface area contributed by atoms with Gasteiger partial charge in [0.2, 0.25) is 5.78 Å². The number of carboxylic acid groups (broad SMARTS) is 1. The average Bonchev–Trinajstić information content (AvgIpc) is 3.31. The van der Waals surface area contributed by atoms with Gasteiger partial charge in [0.15, 0.2) is 5.76 Å². The molecule has 0 aliphatic carbocycles. The molecule has 3 aromatic rings. The van der Waals surface area contributed by atoms with Gasteiger partial charge in [-0.05, 0) is 24.3 Å². The predicted octanol–water partition coefficient (Wildman–Crippen LogP) is 2.97. The number of benzene rings is 1. The van der Waals surface area contributed by atoms with Crippen molar-refractivity contribution in [1.82, 2.24) is 19.8 Å². The Morgan fingerprint density at radius 2 is 2.03 bits per heavy atom. The molecule has 0 bridgehead atoms. The molecule has 8 nitrogen and oxygen atoms in total. The molecule has 8 heteroatoms. The topological polar surface area (TPSA) is 98.8 Å². The van der Waals surface area contributed by atoms with Gasteiger partial charge in [-0.2, -0.15) is 0 Å². The fourth-order valence-corrected chi connectivity index (χ4v) is 3.97. The Bertz CT molecular complexity index is 1170. The van der Waals surface area contributed by atoms with E-state index in [0.29, 0.717) is 44.0 Å². The van der Waals surface area contributed by atoms with Crippen LogP contribution >= 0.6 is 0 Å². The van der Waals surface area contributed by atoms with E-state index in [4.69, 9.17) is 9.84 Å². The number of aromatic amines is 1. The number of nitrogens with zero attached hydrogens (tertiary/aromatic N) is 3. The van der Waals surface area contributed by atoms with Crippen LogP contribution in [0, 0.1) is 0 Å². The molecule has 2 N–H and O–H groups in total. The Kier molecular flexibility index (Phi) is 4.48. The lowest BCUT2D eigenvalue weighted by molar-refractivity contribution is 0.101. The van der Waals surface area contributed by atoms with Crippen LogP contribution in [0.3, 0.4) is 0 Å². The summed E-state index contributed by atoms with van der Waals surface area (Å²) in [5.41, 5.74) is 3.09. The number of carbonyl (C=O) groups is 2. The Hall–Kier alpha value is -3.65. The van der Waals surface area contributed by atoms with Gasteiger partial charge in [0, 0.05) is 61.6 Å². The van der Waals surface area contributed by atoms with Crippen molar-refractivity contribution in [1.29, 1.82) is 0 Å². The zero-order chi connectivity index (χ0) is 20.7. The van der Waals surface area contributed by atoms with E-state index in [1.54, 1.807) is 18.3 Å². The van der Waals surface area contributed by atoms with Gasteiger partial charge in [-0.15, -0.1) is 0 Å². The van der Waals surface area contributed by atoms with Gasteiger partial charge >= 0.3 is 6.09 Å². The van der Waals surface area contributed by atoms with Crippen LogP contribution in [0.15, 0.2) is 48.5 Å². The number of allylic oxidation sites excluding steroid dienone is 1. The summed E-state index contributed by atoms with van der Waals surface area (Å²) in [7, 11) is 0. The highest BCUT2D eigenvalue weighted by Gasteiger charge is 2.30. The minimum Gasteiger partial charge on any atom is -0.465 e. The SMILES string of the molecule is O=C1/C(=C/c2c[nH]c3ncccc23)Oc2c(CN3CCN(C(=O)O)CC3)cccc21. The summed E-state index contributed by atoms with van der Waals surface area (Å²) >= 11 is 0. The number of amides is 1. The molecule has 0 saturated carbocycles. The molecular formula is C22H20N4O4. The molecule has 0 unspecified atom stereocenters. The smallest absolute Gasteiger partial charge is 0.407 e. The predicted molar refractivity (Wildman–Crippen MR) is 110 cm³/mol. The molecule has 0 spiro atoms. The van der Waals surface area contributed by atoms with Crippen LogP contribution in [0.2, 0.25) is 0 Å². The van der Waals surface area contributed by atoms with Gasteiger partial charge in [0.25, 0.3) is 0 Å². The summed E-state index contributed by atoms with van der Waals surface area (Å²) < 4.78 is 6.02. The largest absolute Gasteiger partial charge is 0.465 e. The quantitative estimate of drug-likeness (QED) is 0.651. The van der Waals surface area contributed by atoms with Crippen LogP contribution in [0.5, 0.6) is 5.75 Å². The van der Waals surface area contributed by atoms with Gasteiger partial charge in [-0.3, -0.25) is 9.69 Å². The molecule has 2 aliphatic heterocycles. The van der Waals surface area contributed by atoms with E-state index in [1.807, 2.05) is 30.5 Å². The maximum atomic E-state index is 12.9. The first kappa shape index (κ1) is 18.4. The lowest BCUT2D eigenvalue weighted by atomic mass is 10.1. The highest BCUT2D eigenvalue weighted by atomic mass is 16.5. The van der Waals surface area contributed by atoms with Crippen molar-refractivity contribution in [2.75, 3.05) is 26.2 Å². The number of rotatable bonds is 3. The summed E-state index contributed by atoms with van der Waals surface area (Å²) in [6.07, 6.45) is 4.39. The number of aromatic nitrogens is 2. The summed E-state index contributed by atoms with van der Waals surface area (Å²) in [4.78, 5) is 35.0. The first-order valence-electron chi connectivity index (χ1n) is 9.78. The van der Waals surface area contributed by atoms with Gasteiger partial charge in [-0.1, -0.05) is 12.1 Å².